The average molecular weight is 393 g/mol. The van der Waals surface area contributed by atoms with E-state index in [4.69, 9.17) is 9.84 Å². The largest absolute Gasteiger partial charge is 0.496 e. The number of methoxy groups -OCH3 is 1. The van der Waals surface area contributed by atoms with Gasteiger partial charge in [-0.25, -0.2) is 4.68 Å². The second-order valence-corrected chi connectivity index (χ2v) is 6.77. The number of hydrogen-bond acceptors (Lipinski definition) is 4. The quantitative estimate of drug-likeness (QED) is 0.667. The van der Waals surface area contributed by atoms with Crippen molar-refractivity contribution in [2.24, 2.45) is 0 Å². The predicted octanol–water partition coefficient (Wildman–Crippen LogP) is 3.15. The van der Waals surface area contributed by atoms with Crippen LogP contribution in [-0.4, -0.2) is 45.8 Å². The number of rotatable bonds is 7. The van der Waals surface area contributed by atoms with E-state index in [-0.39, 0.29) is 12.3 Å². The van der Waals surface area contributed by atoms with Gasteiger partial charge in [-0.3, -0.25) is 9.59 Å². The van der Waals surface area contributed by atoms with E-state index in [1.165, 1.54) is 6.92 Å². The summed E-state index contributed by atoms with van der Waals surface area (Å²) in [6, 6.07) is 13.0. The summed E-state index contributed by atoms with van der Waals surface area (Å²) in [5.41, 5.74) is 4.10. The lowest BCUT2D eigenvalue weighted by Crippen LogP contribution is -2.23. The van der Waals surface area contributed by atoms with Crippen LogP contribution in [-0.2, 0) is 22.6 Å². The van der Waals surface area contributed by atoms with Crippen molar-refractivity contribution < 1.29 is 19.4 Å². The maximum Gasteiger partial charge on any atom is 0.307 e. The van der Waals surface area contributed by atoms with Crippen molar-refractivity contribution in [1.82, 2.24) is 14.7 Å². The minimum Gasteiger partial charge on any atom is -0.496 e. The zero-order valence-corrected chi connectivity index (χ0v) is 16.6. The van der Waals surface area contributed by atoms with Gasteiger partial charge in [0.2, 0.25) is 5.91 Å². The van der Waals surface area contributed by atoms with E-state index < -0.39 is 5.97 Å². The van der Waals surface area contributed by atoms with E-state index in [2.05, 4.69) is 5.10 Å². The van der Waals surface area contributed by atoms with Gasteiger partial charge < -0.3 is 14.7 Å². The minimum absolute atomic E-state index is 0.0490. The Kier molecular flexibility index (Phi) is 5.97. The Balaban J connectivity index is 2.14. The van der Waals surface area contributed by atoms with Crippen LogP contribution in [0.15, 0.2) is 54.9 Å². The third-order valence-corrected chi connectivity index (χ3v) is 4.71. The summed E-state index contributed by atoms with van der Waals surface area (Å²) in [5, 5.41) is 13.4. The third-order valence-electron chi connectivity index (χ3n) is 4.71. The van der Waals surface area contributed by atoms with E-state index in [1.54, 1.807) is 42.1 Å². The van der Waals surface area contributed by atoms with E-state index in [0.29, 0.717) is 17.9 Å². The van der Waals surface area contributed by atoms with Crippen LogP contribution in [0.4, 0.5) is 0 Å². The Hall–Kier alpha value is -3.61. The van der Waals surface area contributed by atoms with Crippen LogP contribution in [0.25, 0.3) is 16.8 Å². The average Bonchev–Trinajstić information content (AvgIpc) is 3.22. The Bertz CT molecular complexity index is 1030. The van der Waals surface area contributed by atoms with Gasteiger partial charge in [0.25, 0.3) is 0 Å². The molecule has 0 aliphatic rings. The van der Waals surface area contributed by atoms with Crippen molar-refractivity contribution >= 4 is 11.9 Å². The predicted molar refractivity (Wildman–Crippen MR) is 109 cm³/mol. The highest BCUT2D eigenvalue weighted by Crippen LogP contribution is 2.35. The first kappa shape index (κ1) is 20.1. The van der Waals surface area contributed by atoms with Crippen molar-refractivity contribution in [3.8, 4) is 22.6 Å². The highest BCUT2D eigenvalue weighted by Gasteiger charge is 2.16. The lowest BCUT2D eigenvalue weighted by atomic mass is 9.95. The van der Waals surface area contributed by atoms with Crippen LogP contribution in [0.5, 0.6) is 5.75 Å². The Morgan fingerprint density at radius 3 is 2.59 bits per heavy atom. The van der Waals surface area contributed by atoms with E-state index >= 15 is 0 Å². The fourth-order valence-electron chi connectivity index (χ4n) is 3.15. The Morgan fingerprint density at radius 1 is 1.17 bits per heavy atom. The molecule has 0 saturated heterocycles. The van der Waals surface area contributed by atoms with Crippen molar-refractivity contribution in [1.29, 1.82) is 0 Å². The molecular formula is C22H23N3O4. The molecule has 0 spiro atoms. The number of carbonyl (C=O) groups is 2. The van der Waals surface area contributed by atoms with Gasteiger partial charge in [-0.2, -0.15) is 5.10 Å². The van der Waals surface area contributed by atoms with Crippen molar-refractivity contribution in [2.75, 3.05) is 14.2 Å². The molecule has 0 atom stereocenters. The van der Waals surface area contributed by atoms with Crippen LogP contribution in [0.1, 0.15) is 18.1 Å². The third kappa shape index (κ3) is 4.63. The Morgan fingerprint density at radius 2 is 1.97 bits per heavy atom. The fraction of sp³-hybridized carbons (Fsp3) is 0.227. The molecule has 1 amide bonds. The molecule has 1 heterocycles. The van der Waals surface area contributed by atoms with Gasteiger partial charge in [0.1, 0.15) is 5.75 Å². The van der Waals surface area contributed by atoms with Crippen LogP contribution in [0.2, 0.25) is 0 Å². The molecule has 0 bridgehead atoms. The van der Waals surface area contributed by atoms with Gasteiger partial charge >= 0.3 is 5.97 Å². The lowest BCUT2D eigenvalue weighted by Gasteiger charge is -2.20. The molecule has 0 aliphatic heterocycles. The van der Waals surface area contributed by atoms with Gasteiger partial charge in [-0.05, 0) is 47.0 Å². The second-order valence-electron chi connectivity index (χ2n) is 6.77. The molecule has 0 aliphatic carbocycles. The normalized spacial score (nSPS) is 10.6. The molecule has 29 heavy (non-hydrogen) atoms. The summed E-state index contributed by atoms with van der Waals surface area (Å²) in [6.45, 7) is 1.91. The summed E-state index contributed by atoms with van der Waals surface area (Å²) in [5.74, 6) is -0.309. The zero-order chi connectivity index (χ0) is 21.0. The number of benzene rings is 2. The molecule has 2 aromatic carbocycles. The first-order valence-corrected chi connectivity index (χ1v) is 9.12. The van der Waals surface area contributed by atoms with Gasteiger partial charge in [-0.15, -0.1) is 0 Å². The molecule has 3 rings (SSSR count). The number of carboxylic acids is 1. The standard InChI is InChI=1S/C22H23N3O4/c1-15(26)24(2)14-17-13-18(25-10-4-9-23-25)6-7-19(17)20-11-16(12-22(27)28)5-8-21(20)29-3/h4-11,13H,12,14H2,1-3H3,(H,27,28). The molecular weight excluding hydrogens is 370 g/mol. The summed E-state index contributed by atoms with van der Waals surface area (Å²) >= 11 is 0. The van der Waals surface area contributed by atoms with E-state index in [0.717, 1.165) is 22.4 Å². The molecule has 1 aromatic heterocycles. The molecule has 1 N–H and O–H groups in total. The van der Waals surface area contributed by atoms with Crippen LogP contribution in [0.3, 0.4) is 0 Å². The van der Waals surface area contributed by atoms with Crippen LogP contribution < -0.4 is 4.74 Å². The van der Waals surface area contributed by atoms with Gasteiger partial charge in [-0.1, -0.05) is 12.1 Å². The summed E-state index contributed by atoms with van der Waals surface area (Å²) in [7, 11) is 3.32. The van der Waals surface area contributed by atoms with Crippen molar-refractivity contribution in [3.63, 3.8) is 0 Å². The van der Waals surface area contributed by atoms with E-state index in [9.17, 15) is 9.59 Å². The molecule has 0 unspecified atom stereocenters. The monoisotopic (exact) mass is 393 g/mol. The van der Waals surface area contributed by atoms with Gasteiger partial charge in [0.05, 0.1) is 19.2 Å². The molecule has 3 aromatic rings. The number of ether oxygens (including phenoxy) is 1. The fourth-order valence-corrected chi connectivity index (χ4v) is 3.15. The van der Waals surface area contributed by atoms with Gasteiger partial charge in [0.15, 0.2) is 0 Å². The molecule has 0 fully saturated rings. The highest BCUT2D eigenvalue weighted by molar-refractivity contribution is 5.78. The number of nitrogens with zero attached hydrogens (tertiary/aromatic N) is 3. The van der Waals surface area contributed by atoms with Crippen LogP contribution >= 0.6 is 0 Å². The number of hydrogen-bond donors (Lipinski definition) is 1. The number of aromatic nitrogens is 2. The zero-order valence-electron chi connectivity index (χ0n) is 16.6. The van der Waals surface area contributed by atoms with Crippen LogP contribution in [0, 0.1) is 0 Å². The van der Waals surface area contributed by atoms with Crippen molar-refractivity contribution in [2.45, 2.75) is 19.9 Å². The molecule has 7 nitrogen and oxygen atoms in total. The van der Waals surface area contributed by atoms with E-state index in [1.807, 2.05) is 36.5 Å². The summed E-state index contributed by atoms with van der Waals surface area (Å²) in [6.07, 6.45) is 3.47. The minimum atomic E-state index is -0.897. The first-order chi connectivity index (χ1) is 13.9. The number of carbonyl (C=O) groups excluding carboxylic acids is 1. The number of aliphatic carboxylic acids is 1. The Labute approximate surface area is 169 Å². The highest BCUT2D eigenvalue weighted by atomic mass is 16.5. The lowest BCUT2D eigenvalue weighted by molar-refractivity contribution is -0.136. The molecule has 0 saturated carbocycles. The maximum absolute atomic E-state index is 11.8. The topological polar surface area (TPSA) is 84.7 Å². The molecule has 0 radical (unpaired) electrons. The van der Waals surface area contributed by atoms with Crippen molar-refractivity contribution in [3.05, 3.63) is 66.0 Å². The second kappa shape index (κ2) is 8.60. The number of carboxylic acid groups (broad SMARTS) is 1. The smallest absolute Gasteiger partial charge is 0.307 e. The SMILES string of the molecule is COc1ccc(CC(=O)O)cc1-c1ccc(-n2cccn2)cc1CN(C)C(C)=O. The first-order valence-electron chi connectivity index (χ1n) is 9.12. The summed E-state index contributed by atoms with van der Waals surface area (Å²) in [4.78, 5) is 24.6. The van der Waals surface area contributed by atoms with Gasteiger partial charge in [0, 0.05) is 38.5 Å². The summed E-state index contributed by atoms with van der Waals surface area (Å²) < 4.78 is 7.27. The molecule has 7 heteroatoms. The number of amides is 1. The maximum atomic E-state index is 11.8. The molecule has 150 valence electrons.